The Balaban J connectivity index is 1.40. The van der Waals surface area contributed by atoms with Crippen LogP contribution in [0.5, 0.6) is 5.75 Å². The molecule has 2 amide bonds. The molecule has 7 heteroatoms. The first-order chi connectivity index (χ1) is 13.2. The summed E-state index contributed by atoms with van der Waals surface area (Å²) in [6.45, 7) is 7.68. The van der Waals surface area contributed by atoms with Gasteiger partial charge in [-0.25, -0.2) is 0 Å². The van der Waals surface area contributed by atoms with E-state index in [1.807, 2.05) is 36.1 Å². The van der Waals surface area contributed by atoms with E-state index < -0.39 is 0 Å². The number of anilines is 1. The molecule has 27 heavy (non-hydrogen) atoms. The van der Waals surface area contributed by atoms with Crippen molar-refractivity contribution in [3.05, 3.63) is 24.3 Å². The summed E-state index contributed by atoms with van der Waals surface area (Å²) >= 11 is 0. The lowest BCUT2D eigenvalue weighted by molar-refractivity contribution is -0.138. The molecule has 0 saturated carbocycles. The van der Waals surface area contributed by atoms with Crippen LogP contribution >= 0.6 is 0 Å². The zero-order chi connectivity index (χ0) is 19.1. The number of piperidine rings is 1. The molecule has 3 rings (SSSR count). The monoisotopic (exact) mass is 374 g/mol. The fourth-order valence-electron chi connectivity index (χ4n) is 3.66. The zero-order valence-corrected chi connectivity index (χ0v) is 16.1. The van der Waals surface area contributed by atoms with Crippen molar-refractivity contribution in [2.24, 2.45) is 5.92 Å². The quantitative estimate of drug-likeness (QED) is 0.782. The van der Waals surface area contributed by atoms with Crippen LogP contribution in [0.3, 0.4) is 0 Å². The molecule has 2 heterocycles. The van der Waals surface area contributed by atoms with Gasteiger partial charge in [-0.2, -0.15) is 0 Å². The van der Waals surface area contributed by atoms with Gasteiger partial charge < -0.3 is 20.3 Å². The van der Waals surface area contributed by atoms with Crippen LogP contribution in [0, 0.1) is 5.92 Å². The molecular weight excluding hydrogens is 344 g/mol. The van der Waals surface area contributed by atoms with Crippen molar-refractivity contribution in [1.29, 1.82) is 0 Å². The SMILES string of the molecule is CCOc1ccc(NC(=O)CN2CCN(C(=O)C3CCNCC3)CC2)cc1. The van der Waals surface area contributed by atoms with Crippen LogP contribution in [0.25, 0.3) is 0 Å². The van der Waals surface area contributed by atoms with E-state index >= 15 is 0 Å². The fraction of sp³-hybridized carbons (Fsp3) is 0.600. The predicted molar refractivity (Wildman–Crippen MR) is 105 cm³/mol. The van der Waals surface area contributed by atoms with Gasteiger partial charge in [0.25, 0.3) is 0 Å². The Morgan fingerprint density at radius 3 is 2.41 bits per heavy atom. The molecule has 2 fully saturated rings. The van der Waals surface area contributed by atoms with E-state index in [9.17, 15) is 9.59 Å². The number of nitrogens with one attached hydrogen (secondary N) is 2. The van der Waals surface area contributed by atoms with Crippen LogP contribution in [0.1, 0.15) is 19.8 Å². The molecule has 0 bridgehead atoms. The number of amides is 2. The van der Waals surface area contributed by atoms with E-state index in [2.05, 4.69) is 15.5 Å². The van der Waals surface area contributed by atoms with Crippen molar-refractivity contribution in [2.75, 3.05) is 57.7 Å². The highest BCUT2D eigenvalue weighted by atomic mass is 16.5. The minimum atomic E-state index is -0.0303. The van der Waals surface area contributed by atoms with Gasteiger partial charge in [0.15, 0.2) is 0 Å². The van der Waals surface area contributed by atoms with Crippen LogP contribution in [-0.2, 0) is 9.59 Å². The van der Waals surface area contributed by atoms with E-state index in [1.165, 1.54) is 0 Å². The van der Waals surface area contributed by atoms with Crippen LogP contribution < -0.4 is 15.4 Å². The zero-order valence-electron chi connectivity index (χ0n) is 16.1. The molecular formula is C20H30N4O3. The lowest BCUT2D eigenvalue weighted by Crippen LogP contribution is -2.52. The van der Waals surface area contributed by atoms with Gasteiger partial charge in [0, 0.05) is 37.8 Å². The molecule has 0 aromatic heterocycles. The van der Waals surface area contributed by atoms with Gasteiger partial charge in [-0.1, -0.05) is 0 Å². The maximum atomic E-state index is 12.6. The maximum Gasteiger partial charge on any atom is 0.238 e. The van der Waals surface area contributed by atoms with Gasteiger partial charge >= 0.3 is 0 Å². The number of carbonyl (C=O) groups excluding carboxylic acids is 2. The molecule has 2 saturated heterocycles. The number of nitrogens with zero attached hydrogens (tertiary/aromatic N) is 2. The summed E-state index contributed by atoms with van der Waals surface area (Å²) in [5, 5.41) is 6.22. The number of rotatable bonds is 6. The fourth-order valence-corrected chi connectivity index (χ4v) is 3.66. The van der Waals surface area contributed by atoms with Crippen LogP contribution in [0.4, 0.5) is 5.69 Å². The Morgan fingerprint density at radius 1 is 1.11 bits per heavy atom. The normalized spacial score (nSPS) is 18.9. The Hall–Kier alpha value is -2.12. The highest BCUT2D eigenvalue weighted by molar-refractivity contribution is 5.92. The molecule has 1 aromatic carbocycles. The summed E-state index contributed by atoms with van der Waals surface area (Å²) in [5.41, 5.74) is 0.767. The first-order valence-corrected chi connectivity index (χ1v) is 9.90. The van der Waals surface area contributed by atoms with Crippen molar-refractivity contribution in [3.8, 4) is 5.75 Å². The minimum Gasteiger partial charge on any atom is -0.494 e. The Kier molecular flexibility index (Phi) is 7.06. The van der Waals surface area contributed by atoms with E-state index in [4.69, 9.17) is 4.74 Å². The third-order valence-electron chi connectivity index (χ3n) is 5.19. The number of benzene rings is 1. The lowest BCUT2D eigenvalue weighted by Gasteiger charge is -2.36. The number of hydrogen-bond acceptors (Lipinski definition) is 5. The van der Waals surface area contributed by atoms with Gasteiger partial charge in [-0.15, -0.1) is 0 Å². The Labute approximate surface area is 161 Å². The van der Waals surface area contributed by atoms with Crippen molar-refractivity contribution >= 4 is 17.5 Å². The second kappa shape index (κ2) is 9.71. The number of piperazine rings is 1. The van der Waals surface area contributed by atoms with Gasteiger partial charge in [0.05, 0.1) is 13.2 Å². The largest absolute Gasteiger partial charge is 0.494 e. The van der Waals surface area contributed by atoms with Gasteiger partial charge in [-0.3, -0.25) is 14.5 Å². The van der Waals surface area contributed by atoms with Gasteiger partial charge in [-0.05, 0) is 57.1 Å². The maximum absolute atomic E-state index is 12.6. The summed E-state index contributed by atoms with van der Waals surface area (Å²) in [7, 11) is 0. The smallest absolute Gasteiger partial charge is 0.238 e. The topological polar surface area (TPSA) is 73.9 Å². The average Bonchev–Trinajstić information content (AvgIpc) is 2.70. The number of hydrogen-bond donors (Lipinski definition) is 2. The van der Waals surface area contributed by atoms with Crippen LogP contribution in [0.15, 0.2) is 24.3 Å². The molecule has 0 atom stereocenters. The van der Waals surface area contributed by atoms with E-state index in [1.54, 1.807) is 0 Å². The summed E-state index contributed by atoms with van der Waals surface area (Å²) in [5.74, 6) is 1.22. The molecule has 7 nitrogen and oxygen atoms in total. The highest BCUT2D eigenvalue weighted by Crippen LogP contribution is 2.17. The molecule has 2 N–H and O–H groups in total. The first-order valence-electron chi connectivity index (χ1n) is 9.90. The van der Waals surface area contributed by atoms with Crippen LogP contribution in [-0.4, -0.2) is 74.0 Å². The molecule has 0 spiro atoms. The summed E-state index contributed by atoms with van der Waals surface area (Å²) < 4.78 is 5.40. The molecule has 2 aliphatic rings. The lowest BCUT2D eigenvalue weighted by atomic mass is 9.96. The predicted octanol–water partition coefficient (Wildman–Crippen LogP) is 1.17. The van der Waals surface area contributed by atoms with Crippen molar-refractivity contribution < 1.29 is 14.3 Å². The molecule has 0 unspecified atom stereocenters. The molecule has 148 valence electrons. The summed E-state index contributed by atoms with van der Waals surface area (Å²) in [6.07, 6.45) is 1.87. The van der Waals surface area contributed by atoms with E-state index in [0.29, 0.717) is 26.2 Å². The highest BCUT2D eigenvalue weighted by Gasteiger charge is 2.28. The second-order valence-electron chi connectivity index (χ2n) is 7.13. The molecule has 0 aliphatic carbocycles. The van der Waals surface area contributed by atoms with Crippen molar-refractivity contribution in [2.45, 2.75) is 19.8 Å². The molecule has 1 aromatic rings. The number of carbonyl (C=O) groups is 2. The number of ether oxygens (including phenoxy) is 1. The van der Waals surface area contributed by atoms with Gasteiger partial charge in [0.1, 0.15) is 5.75 Å². The summed E-state index contributed by atoms with van der Waals surface area (Å²) in [6, 6.07) is 7.39. The second-order valence-corrected chi connectivity index (χ2v) is 7.13. The van der Waals surface area contributed by atoms with E-state index in [-0.39, 0.29) is 17.7 Å². The average molecular weight is 374 g/mol. The van der Waals surface area contributed by atoms with Crippen molar-refractivity contribution in [1.82, 2.24) is 15.1 Å². The van der Waals surface area contributed by atoms with Crippen LogP contribution in [0.2, 0.25) is 0 Å². The minimum absolute atomic E-state index is 0.0303. The molecule has 0 radical (unpaired) electrons. The Morgan fingerprint density at radius 2 is 1.78 bits per heavy atom. The molecule has 2 aliphatic heterocycles. The third kappa shape index (κ3) is 5.68. The Bertz CT molecular complexity index is 621. The standard InChI is InChI=1S/C20H30N4O3/c1-2-27-18-5-3-17(4-6-18)22-19(25)15-23-11-13-24(14-12-23)20(26)16-7-9-21-10-8-16/h3-6,16,21H,2,7-15H2,1H3,(H,22,25). The van der Waals surface area contributed by atoms with Crippen molar-refractivity contribution in [3.63, 3.8) is 0 Å². The first kappa shape index (κ1) is 19.6. The third-order valence-corrected chi connectivity index (χ3v) is 5.19. The summed E-state index contributed by atoms with van der Waals surface area (Å²) in [4.78, 5) is 28.9. The van der Waals surface area contributed by atoms with E-state index in [0.717, 1.165) is 50.5 Å². The van der Waals surface area contributed by atoms with Gasteiger partial charge in [0.2, 0.25) is 11.8 Å².